The Balaban J connectivity index is 1.40. The van der Waals surface area contributed by atoms with Crippen molar-refractivity contribution >= 4 is 27.5 Å². The summed E-state index contributed by atoms with van der Waals surface area (Å²) in [6.07, 6.45) is 3.22. The van der Waals surface area contributed by atoms with Crippen LogP contribution in [-0.4, -0.2) is 25.5 Å². The molecule has 4 aromatic rings. The minimum atomic E-state index is -0.374. The van der Waals surface area contributed by atoms with E-state index >= 15 is 0 Å². The van der Waals surface area contributed by atoms with Gasteiger partial charge in [0.2, 0.25) is 0 Å². The van der Waals surface area contributed by atoms with Crippen LogP contribution in [0.4, 0.5) is 10.1 Å². The predicted octanol–water partition coefficient (Wildman–Crippen LogP) is 4.54. The fraction of sp³-hybridized carbons (Fsp3) is 0.190. The van der Waals surface area contributed by atoms with Crippen LogP contribution >= 0.6 is 15.9 Å². The molecule has 30 heavy (non-hydrogen) atoms. The average Bonchev–Trinajstić information content (AvgIpc) is 3.40. The van der Waals surface area contributed by atoms with Crippen molar-refractivity contribution in [1.29, 1.82) is 0 Å². The molecule has 3 heterocycles. The summed E-state index contributed by atoms with van der Waals surface area (Å²) in [6, 6.07) is 9.69. The Labute approximate surface area is 180 Å². The Morgan fingerprint density at radius 3 is 2.80 bits per heavy atom. The predicted molar refractivity (Wildman–Crippen MR) is 113 cm³/mol. The van der Waals surface area contributed by atoms with Crippen LogP contribution in [0.3, 0.4) is 0 Å². The zero-order valence-corrected chi connectivity index (χ0v) is 18.0. The minimum Gasteiger partial charge on any atom is -0.454 e. The second kappa shape index (κ2) is 8.27. The first-order valence-electron chi connectivity index (χ1n) is 9.25. The van der Waals surface area contributed by atoms with Crippen molar-refractivity contribution in [1.82, 2.24) is 19.6 Å². The molecule has 0 radical (unpaired) electrons. The van der Waals surface area contributed by atoms with Crippen LogP contribution in [0, 0.1) is 19.7 Å². The lowest BCUT2D eigenvalue weighted by molar-refractivity contribution is 0.0994. The van der Waals surface area contributed by atoms with Crippen LogP contribution in [0.15, 0.2) is 57.7 Å². The summed E-state index contributed by atoms with van der Waals surface area (Å²) in [4.78, 5) is 12.5. The molecule has 0 aliphatic heterocycles. The Morgan fingerprint density at radius 1 is 1.23 bits per heavy atom. The van der Waals surface area contributed by atoms with Crippen molar-refractivity contribution in [2.45, 2.75) is 26.9 Å². The average molecular weight is 472 g/mol. The number of benzene rings is 1. The number of halogens is 2. The summed E-state index contributed by atoms with van der Waals surface area (Å²) in [7, 11) is 0. The molecule has 0 bridgehead atoms. The van der Waals surface area contributed by atoms with Crippen molar-refractivity contribution in [3.05, 3.63) is 87.6 Å². The molecule has 0 saturated heterocycles. The molecule has 1 N–H and O–H groups in total. The number of carbonyl (C=O) groups is 1. The molecule has 0 aliphatic carbocycles. The number of aryl methyl sites for hydroxylation is 1. The quantitative estimate of drug-likeness (QED) is 0.447. The molecule has 4 rings (SSSR count). The number of furan rings is 1. The minimum absolute atomic E-state index is 0.198. The fourth-order valence-electron chi connectivity index (χ4n) is 3.09. The molecule has 154 valence electrons. The van der Waals surface area contributed by atoms with Gasteiger partial charge >= 0.3 is 0 Å². The molecule has 0 saturated carbocycles. The van der Waals surface area contributed by atoms with E-state index in [9.17, 15) is 9.18 Å². The van der Waals surface area contributed by atoms with E-state index in [0.717, 1.165) is 21.4 Å². The lowest BCUT2D eigenvalue weighted by Gasteiger charge is -2.03. The van der Waals surface area contributed by atoms with Gasteiger partial charge in [0.1, 0.15) is 11.6 Å². The number of anilines is 1. The Hall–Kier alpha value is -3.20. The van der Waals surface area contributed by atoms with Crippen LogP contribution in [0.5, 0.6) is 0 Å². The lowest BCUT2D eigenvalue weighted by atomic mass is 10.2. The van der Waals surface area contributed by atoms with Crippen LogP contribution in [0.1, 0.15) is 33.3 Å². The van der Waals surface area contributed by atoms with Crippen molar-refractivity contribution in [2.24, 2.45) is 0 Å². The number of carbonyl (C=O) groups excluding carboxylic acids is 1. The number of amides is 1. The third-order valence-corrected chi connectivity index (χ3v) is 5.76. The molecule has 3 aromatic heterocycles. The van der Waals surface area contributed by atoms with Crippen molar-refractivity contribution in [3.8, 4) is 0 Å². The largest absolute Gasteiger partial charge is 0.454 e. The van der Waals surface area contributed by atoms with Gasteiger partial charge in [-0.2, -0.15) is 10.2 Å². The molecule has 0 fully saturated rings. The molecular formula is C21H19BrFN5O2. The molecule has 1 aromatic carbocycles. The number of aromatic nitrogens is 4. The van der Waals surface area contributed by atoms with Gasteiger partial charge in [-0.1, -0.05) is 12.1 Å². The summed E-state index contributed by atoms with van der Waals surface area (Å²) >= 11 is 3.50. The van der Waals surface area contributed by atoms with E-state index in [1.807, 2.05) is 24.6 Å². The highest BCUT2D eigenvalue weighted by Crippen LogP contribution is 2.21. The van der Waals surface area contributed by atoms with Gasteiger partial charge in [0.25, 0.3) is 5.91 Å². The first kappa shape index (κ1) is 20.1. The molecule has 0 aliphatic rings. The van der Waals surface area contributed by atoms with Gasteiger partial charge in [-0.05, 0) is 59.6 Å². The third kappa shape index (κ3) is 4.35. The van der Waals surface area contributed by atoms with E-state index in [1.54, 1.807) is 29.1 Å². The highest BCUT2D eigenvalue weighted by atomic mass is 79.9. The second-order valence-electron chi connectivity index (χ2n) is 6.92. The van der Waals surface area contributed by atoms with E-state index in [-0.39, 0.29) is 17.5 Å². The molecule has 1 amide bonds. The van der Waals surface area contributed by atoms with E-state index < -0.39 is 0 Å². The highest BCUT2D eigenvalue weighted by molar-refractivity contribution is 9.10. The van der Waals surface area contributed by atoms with E-state index in [0.29, 0.717) is 24.5 Å². The molecule has 9 heteroatoms. The maximum atomic E-state index is 13.3. The summed E-state index contributed by atoms with van der Waals surface area (Å²) in [5.74, 6) is 0.152. The standard InChI is InChI=1S/C21H19BrFN5O2/c1-13-20(22)14(2)28(26-13)12-18-6-7-19(30-18)21(29)25-17-9-24-27(11-17)10-15-4-3-5-16(23)8-15/h3-9,11H,10,12H2,1-2H3,(H,25,29). The monoisotopic (exact) mass is 471 g/mol. The number of rotatable bonds is 6. The summed E-state index contributed by atoms with van der Waals surface area (Å²) in [6.45, 7) is 4.71. The highest BCUT2D eigenvalue weighted by Gasteiger charge is 2.15. The van der Waals surface area contributed by atoms with Crippen LogP contribution in [-0.2, 0) is 13.1 Å². The zero-order valence-electron chi connectivity index (χ0n) is 16.4. The van der Waals surface area contributed by atoms with Crippen LogP contribution in [0.2, 0.25) is 0 Å². The number of nitrogens with zero attached hydrogens (tertiary/aromatic N) is 4. The van der Waals surface area contributed by atoms with Gasteiger partial charge in [0.15, 0.2) is 5.76 Å². The Morgan fingerprint density at radius 2 is 2.07 bits per heavy atom. The Bertz CT molecular complexity index is 1210. The topological polar surface area (TPSA) is 77.9 Å². The van der Waals surface area contributed by atoms with Crippen molar-refractivity contribution in [2.75, 3.05) is 5.32 Å². The van der Waals surface area contributed by atoms with E-state index in [4.69, 9.17) is 4.42 Å². The van der Waals surface area contributed by atoms with Gasteiger partial charge in [0.05, 0.1) is 40.8 Å². The fourth-order valence-corrected chi connectivity index (χ4v) is 3.38. The number of hydrogen-bond acceptors (Lipinski definition) is 4. The van der Waals surface area contributed by atoms with Gasteiger partial charge in [0, 0.05) is 6.20 Å². The second-order valence-corrected chi connectivity index (χ2v) is 7.71. The van der Waals surface area contributed by atoms with Crippen molar-refractivity contribution in [3.63, 3.8) is 0 Å². The first-order valence-corrected chi connectivity index (χ1v) is 10.0. The SMILES string of the molecule is Cc1nn(Cc2ccc(C(=O)Nc3cnn(Cc4cccc(F)c4)c3)o2)c(C)c1Br. The molecule has 0 atom stereocenters. The van der Waals surface area contributed by atoms with Gasteiger partial charge in [-0.3, -0.25) is 14.2 Å². The van der Waals surface area contributed by atoms with Crippen LogP contribution in [0.25, 0.3) is 0 Å². The van der Waals surface area contributed by atoms with Gasteiger partial charge < -0.3 is 9.73 Å². The molecule has 0 unspecified atom stereocenters. The normalized spacial score (nSPS) is 11.1. The number of nitrogens with one attached hydrogen (secondary N) is 1. The smallest absolute Gasteiger partial charge is 0.291 e. The summed E-state index contributed by atoms with van der Waals surface area (Å²) < 4.78 is 23.4. The molecular weight excluding hydrogens is 453 g/mol. The molecule has 0 spiro atoms. The summed E-state index contributed by atoms with van der Waals surface area (Å²) in [5.41, 5.74) is 3.19. The zero-order chi connectivity index (χ0) is 21.3. The number of hydrogen-bond donors (Lipinski definition) is 1. The summed E-state index contributed by atoms with van der Waals surface area (Å²) in [5, 5.41) is 11.4. The van der Waals surface area contributed by atoms with E-state index in [2.05, 4.69) is 31.4 Å². The molecule has 7 nitrogen and oxygen atoms in total. The third-order valence-electron chi connectivity index (χ3n) is 4.61. The van der Waals surface area contributed by atoms with Gasteiger partial charge in [-0.25, -0.2) is 4.39 Å². The lowest BCUT2D eigenvalue weighted by Crippen LogP contribution is -2.10. The van der Waals surface area contributed by atoms with Crippen molar-refractivity contribution < 1.29 is 13.6 Å². The van der Waals surface area contributed by atoms with E-state index in [1.165, 1.54) is 18.3 Å². The maximum Gasteiger partial charge on any atom is 0.291 e. The maximum absolute atomic E-state index is 13.3. The Kier molecular flexibility index (Phi) is 5.54. The first-order chi connectivity index (χ1) is 14.4. The van der Waals surface area contributed by atoms with Gasteiger partial charge in [-0.15, -0.1) is 0 Å². The van der Waals surface area contributed by atoms with Crippen LogP contribution < -0.4 is 5.32 Å².